The standard InChI is InChI=1S/C4H4INO2.HN.Pt/c5-6-3(7)1-2-4(6)8;;/h1-2H2;1H;. The summed E-state index contributed by atoms with van der Waals surface area (Å²) in [5.41, 5.74) is 0. The molecule has 1 N–H and O–H groups in total. The van der Waals surface area contributed by atoms with Gasteiger partial charge in [0, 0.05) is 12.8 Å². The second-order valence-electron chi connectivity index (χ2n) is 1.57. The third-order valence-electron chi connectivity index (χ3n) is 0.991. The molecule has 1 aliphatic rings. The molecule has 1 fully saturated rings. The summed E-state index contributed by atoms with van der Waals surface area (Å²) in [6, 6.07) is 0. The van der Waals surface area contributed by atoms with Crippen LogP contribution in [0.3, 0.4) is 0 Å². The molecule has 0 atom stereocenters. The number of hydrogen-bond acceptors (Lipinski definition) is 3. The van der Waals surface area contributed by atoms with Gasteiger partial charge in [0.15, 0.2) is 0 Å². The molecule has 0 aliphatic carbocycles. The monoisotopic (exact) mass is 435 g/mol. The Bertz CT molecular complexity index is 147. The maximum atomic E-state index is 10.5. The number of nitrogens with one attached hydrogen (secondary N) is 1. The van der Waals surface area contributed by atoms with E-state index in [1.54, 1.807) is 22.9 Å². The summed E-state index contributed by atoms with van der Waals surface area (Å²) in [7, 11) is 0. The van der Waals surface area contributed by atoms with E-state index in [-0.39, 0.29) is 11.8 Å². The second kappa shape index (κ2) is 5.07. The second-order valence-corrected chi connectivity index (χ2v) is 2.53. The SMILES string of the molecule is O=C1CCC(=O)N1I.[NH]=[Pt]. The minimum atomic E-state index is -0.0735. The van der Waals surface area contributed by atoms with Crippen LogP contribution in [0.1, 0.15) is 12.8 Å². The number of carbonyl (C=O) groups is 2. The molecular formula is C4H5IN2O2Pt. The van der Waals surface area contributed by atoms with Gasteiger partial charge in [0.05, 0.1) is 22.9 Å². The molecule has 0 bridgehead atoms. The first-order valence-corrected chi connectivity index (χ1v) is 4.49. The van der Waals surface area contributed by atoms with Crippen molar-refractivity contribution in [2.45, 2.75) is 12.8 Å². The van der Waals surface area contributed by atoms with Crippen LogP contribution in [0.25, 0.3) is 0 Å². The van der Waals surface area contributed by atoms with E-state index in [4.69, 9.17) is 3.91 Å². The number of hydrogen-bond donors (Lipinski definition) is 1. The minimum absolute atomic E-state index is 0.0735. The van der Waals surface area contributed by atoms with Gasteiger partial charge in [-0.15, -0.1) is 0 Å². The van der Waals surface area contributed by atoms with Gasteiger partial charge in [0.2, 0.25) is 11.8 Å². The third-order valence-corrected chi connectivity index (χ3v) is 2.07. The fraction of sp³-hybridized carbons (Fsp3) is 0.500. The molecule has 4 nitrogen and oxygen atoms in total. The zero-order valence-electron chi connectivity index (χ0n) is 4.87. The van der Waals surface area contributed by atoms with Gasteiger partial charge in [-0.3, -0.25) is 9.59 Å². The van der Waals surface area contributed by atoms with E-state index in [0.29, 0.717) is 12.8 Å². The van der Waals surface area contributed by atoms with Crippen molar-refractivity contribution in [2.75, 3.05) is 0 Å². The molecule has 1 saturated heterocycles. The van der Waals surface area contributed by atoms with Crippen LogP contribution in [0.15, 0.2) is 0 Å². The Morgan fingerprint density at radius 1 is 1.30 bits per heavy atom. The summed E-state index contributed by atoms with van der Waals surface area (Å²) >= 11 is 3.11. The molecule has 6 heteroatoms. The number of amides is 2. The summed E-state index contributed by atoms with van der Waals surface area (Å²) in [5.74, 6) is -0.147. The average molecular weight is 435 g/mol. The van der Waals surface area contributed by atoms with Crippen molar-refractivity contribution in [3.63, 3.8) is 0 Å². The van der Waals surface area contributed by atoms with Gasteiger partial charge in [-0.1, -0.05) is 0 Å². The molecule has 0 aromatic carbocycles. The van der Waals surface area contributed by atoms with Crippen LogP contribution in [0.4, 0.5) is 0 Å². The molecule has 0 spiro atoms. The molecule has 0 aromatic heterocycles. The summed E-state index contributed by atoms with van der Waals surface area (Å²) in [5, 5.41) is 0. The van der Waals surface area contributed by atoms with Crippen LogP contribution in [-0.4, -0.2) is 14.9 Å². The summed E-state index contributed by atoms with van der Waals surface area (Å²) in [6.07, 6.45) is 0.781. The van der Waals surface area contributed by atoms with Gasteiger partial charge in [-0.25, -0.2) is 3.11 Å². The summed E-state index contributed by atoms with van der Waals surface area (Å²) in [6.45, 7) is 0. The van der Waals surface area contributed by atoms with Crippen molar-refractivity contribution >= 4 is 34.7 Å². The van der Waals surface area contributed by atoms with Crippen molar-refractivity contribution in [1.82, 2.24) is 3.11 Å². The molecular weight excluding hydrogens is 430 g/mol. The molecule has 1 rings (SSSR count). The molecule has 2 amide bonds. The Hall–Kier alpha value is 0.358. The molecule has 0 unspecified atom stereocenters. The topological polar surface area (TPSA) is 61.2 Å². The summed E-state index contributed by atoms with van der Waals surface area (Å²) < 4.78 is 6.86. The van der Waals surface area contributed by atoms with Crippen LogP contribution in [0.5, 0.6) is 0 Å². The number of nitrogens with zero attached hydrogens (tertiary/aromatic N) is 1. The van der Waals surface area contributed by atoms with Crippen LogP contribution < -0.4 is 0 Å². The van der Waals surface area contributed by atoms with E-state index in [2.05, 4.69) is 0 Å². The number of halogens is 1. The van der Waals surface area contributed by atoms with Crippen LogP contribution in [-0.2, 0) is 29.2 Å². The Kier molecular flexibility index (Phi) is 5.25. The number of imide groups is 1. The summed E-state index contributed by atoms with van der Waals surface area (Å²) in [4.78, 5) is 21.0. The van der Waals surface area contributed by atoms with Crippen molar-refractivity contribution in [2.24, 2.45) is 0 Å². The van der Waals surface area contributed by atoms with E-state index < -0.39 is 0 Å². The van der Waals surface area contributed by atoms with Crippen LogP contribution in [0, 0.1) is 3.91 Å². The first kappa shape index (κ1) is 10.4. The average Bonchev–Trinajstić information content (AvgIpc) is 2.25. The number of carbonyl (C=O) groups excluding carboxylic acids is 2. The maximum absolute atomic E-state index is 10.5. The fourth-order valence-corrected chi connectivity index (χ4v) is 1.03. The van der Waals surface area contributed by atoms with Crippen LogP contribution in [0.2, 0.25) is 0 Å². The van der Waals surface area contributed by atoms with E-state index in [9.17, 15) is 9.59 Å². The quantitative estimate of drug-likeness (QED) is 0.348. The first-order valence-electron chi connectivity index (χ1n) is 2.39. The molecule has 0 saturated carbocycles. The van der Waals surface area contributed by atoms with E-state index in [0.717, 1.165) is 3.11 Å². The normalized spacial score (nSPS) is 16.9. The molecule has 10 heavy (non-hydrogen) atoms. The molecule has 0 radical (unpaired) electrons. The molecule has 1 aliphatic heterocycles. The predicted octanol–water partition coefficient (Wildman–Crippen LogP) is 0.781. The molecule has 1 heterocycles. The van der Waals surface area contributed by atoms with Gasteiger partial charge in [-0.05, 0) is 0 Å². The molecule has 0 aromatic rings. The Morgan fingerprint density at radius 2 is 1.60 bits per heavy atom. The van der Waals surface area contributed by atoms with E-state index in [1.807, 2.05) is 0 Å². The van der Waals surface area contributed by atoms with E-state index >= 15 is 0 Å². The Balaban J connectivity index is 0.000000371. The van der Waals surface area contributed by atoms with E-state index in [1.165, 1.54) is 19.6 Å². The number of rotatable bonds is 0. The fourth-order valence-electron chi connectivity index (χ4n) is 0.549. The molecule has 60 valence electrons. The van der Waals surface area contributed by atoms with Crippen molar-refractivity contribution in [1.29, 1.82) is 3.91 Å². The van der Waals surface area contributed by atoms with Crippen molar-refractivity contribution in [3.8, 4) is 0 Å². The Labute approximate surface area is 83.4 Å². The van der Waals surface area contributed by atoms with Crippen molar-refractivity contribution < 1.29 is 29.2 Å². The van der Waals surface area contributed by atoms with Gasteiger partial charge in [0.1, 0.15) is 0 Å². The van der Waals surface area contributed by atoms with Gasteiger partial charge in [-0.2, -0.15) is 0 Å². The van der Waals surface area contributed by atoms with Gasteiger partial charge in [0.25, 0.3) is 0 Å². The van der Waals surface area contributed by atoms with Gasteiger partial charge < -0.3 is 0 Å². The Morgan fingerprint density at radius 3 is 1.70 bits per heavy atom. The third kappa shape index (κ3) is 2.54. The zero-order chi connectivity index (χ0) is 8.15. The zero-order valence-corrected chi connectivity index (χ0v) is 9.30. The van der Waals surface area contributed by atoms with Crippen molar-refractivity contribution in [3.05, 3.63) is 0 Å². The van der Waals surface area contributed by atoms with Gasteiger partial charge >= 0.3 is 23.5 Å². The first-order chi connectivity index (χ1) is 4.72. The predicted molar refractivity (Wildman–Crippen MR) is 37.8 cm³/mol. The van der Waals surface area contributed by atoms with Crippen LogP contribution >= 0.6 is 22.9 Å².